The third-order valence-corrected chi connectivity index (χ3v) is 4.19. The van der Waals surface area contributed by atoms with Crippen LogP contribution in [0, 0.1) is 5.41 Å². The standard InChI is InChI=1S/C16H21ClN2O2/c1-16(2)8-7-11(9-16)19-14(20)10-18-15(21)12-5-3-4-6-13(12)17/h3-6,11H,7-10H2,1-2H3,(H,18,21)(H,19,20). The molecule has 4 nitrogen and oxygen atoms in total. The van der Waals surface area contributed by atoms with E-state index in [-0.39, 0.29) is 24.4 Å². The van der Waals surface area contributed by atoms with Crippen LogP contribution in [0.2, 0.25) is 5.02 Å². The number of carbonyl (C=O) groups excluding carboxylic acids is 2. The lowest BCUT2D eigenvalue weighted by atomic mass is 9.92. The van der Waals surface area contributed by atoms with Crippen LogP contribution in [-0.4, -0.2) is 24.4 Å². The summed E-state index contributed by atoms with van der Waals surface area (Å²) in [5, 5.41) is 5.95. The van der Waals surface area contributed by atoms with E-state index in [0.717, 1.165) is 19.3 Å². The summed E-state index contributed by atoms with van der Waals surface area (Å²) in [4.78, 5) is 23.8. The summed E-state index contributed by atoms with van der Waals surface area (Å²) in [5.41, 5.74) is 0.674. The van der Waals surface area contributed by atoms with Gasteiger partial charge in [-0.1, -0.05) is 37.6 Å². The molecule has 0 radical (unpaired) electrons. The molecule has 1 aliphatic carbocycles. The highest BCUT2D eigenvalue weighted by atomic mass is 35.5. The molecule has 0 aromatic heterocycles. The second kappa shape index (κ2) is 6.48. The highest BCUT2D eigenvalue weighted by Gasteiger charge is 2.31. The number of amides is 2. The molecule has 1 atom stereocenters. The van der Waals surface area contributed by atoms with E-state index in [4.69, 9.17) is 11.6 Å². The smallest absolute Gasteiger partial charge is 0.253 e. The molecule has 0 heterocycles. The van der Waals surface area contributed by atoms with Crippen LogP contribution < -0.4 is 10.6 Å². The number of halogens is 1. The van der Waals surface area contributed by atoms with E-state index in [1.807, 2.05) is 0 Å². The van der Waals surface area contributed by atoms with Gasteiger partial charge in [-0.15, -0.1) is 0 Å². The van der Waals surface area contributed by atoms with Crippen molar-refractivity contribution in [2.45, 2.75) is 39.2 Å². The zero-order chi connectivity index (χ0) is 15.5. The summed E-state index contributed by atoms with van der Waals surface area (Å²) in [5.74, 6) is -0.486. The Morgan fingerprint density at radius 2 is 2.05 bits per heavy atom. The van der Waals surface area contributed by atoms with Crippen molar-refractivity contribution in [3.05, 3.63) is 34.9 Å². The van der Waals surface area contributed by atoms with Gasteiger partial charge in [-0.3, -0.25) is 9.59 Å². The largest absolute Gasteiger partial charge is 0.352 e. The summed E-state index contributed by atoms with van der Waals surface area (Å²) in [6.07, 6.45) is 3.10. The lowest BCUT2D eigenvalue weighted by Crippen LogP contribution is -2.41. The number of benzene rings is 1. The molecular weight excluding hydrogens is 288 g/mol. The Balaban J connectivity index is 1.79. The molecule has 1 aromatic carbocycles. The summed E-state index contributed by atoms with van der Waals surface area (Å²) in [6.45, 7) is 4.39. The van der Waals surface area contributed by atoms with Crippen molar-refractivity contribution >= 4 is 23.4 Å². The van der Waals surface area contributed by atoms with Gasteiger partial charge in [0.1, 0.15) is 0 Å². The minimum absolute atomic E-state index is 0.0268. The van der Waals surface area contributed by atoms with E-state index in [1.54, 1.807) is 24.3 Å². The zero-order valence-corrected chi connectivity index (χ0v) is 13.2. The fourth-order valence-electron chi connectivity index (χ4n) is 2.74. The molecule has 5 heteroatoms. The SMILES string of the molecule is CC1(C)CCC(NC(=O)CNC(=O)c2ccccc2Cl)C1. The summed E-state index contributed by atoms with van der Waals surface area (Å²) >= 11 is 5.94. The molecule has 0 spiro atoms. The average Bonchev–Trinajstić information content (AvgIpc) is 2.75. The van der Waals surface area contributed by atoms with E-state index < -0.39 is 0 Å². The summed E-state index contributed by atoms with van der Waals surface area (Å²) in [6, 6.07) is 6.99. The first-order valence-corrected chi connectivity index (χ1v) is 7.57. The highest BCUT2D eigenvalue weighted by Crippen LogP contribution is 2.36. The predicted octanol–water partition coefficient (Wildman–Crippen LogP) is 2.76. The lowest BCUT2D eigenvalue weighted by molar-refractivity contribution is -0.120. The van der Waals surface area contributed by atoms with E-state index >= 15 is 0 Å². The molecule has 114 valence electrons. The van der Waals surface area contributed by atoms with Crippen LogP contribution in [0.1, 0.15) is 43.5 Å². The fraction of sp³-hybridized carbons (Fsp3) is 0.500. The molecular formula is C16H21ClN2O2. The second-order valence-corrected chi connectivity index (χ2v) is 6.74. The van der Waals surface area contributed by atoms with Gasteiger partial charge in [0.15, 0.2) is 0 Å². The van der Waals surface area contributed by atoms with Crippen molar-refractivity contribution in [1.82, 2.24) is 10.6 Å². The topological polar surface area (TPSA) is 58.2 Å². The van der Waals surface area contributed by atoms with Gasteiger partial charge in [-0.25, -0.2) is 0 Å². The van der Waals surface area contributed by atoms with Crippen molar-refractivity contribution in [1.29, 1.82) is 0 Å². The predicted molar refractivity (Wildman–Crippen MR) is 83.3 cm³/mol. The van der Waals surface area contributed by atoms with Crippen LogP contribution in [0.4, 0.5) is 0 Å². The summed E-state index contributed by atoms with van der Waals surface area (Å²) in [7, 11) is 0. The molecule has 1 aliphatic rings. The lowest BCUT2D eigenvalue weighted by Gasteiger charge is -2.18. The Hall–Kier alpha value is -1.55. The monoisotopic (exact) mass is 308 g/mol. The summed E-state index contributed by atoms with van der Waals surface area (Å²) < 4.78 is 0. The Kier molecular flexibility index (Phi) is 4.88. The van der Waals surface area contributed by atoms with Gasteiger partial charge in [0.25, 0.3) is 5.91 Å². The van der Waals surface area contributed by atoms with Crippen molar-refractivity contribution < 1.29 is 9.59 Å². The quantitative estimate of drug-likeness (QED) is 0.898. The Labute approximate surface area is 130 Å². The minimum atomic E-state index is -0.331. The molecule has 1 aromatic rings. The van der Waals surface area contributed by atoms with Crippen LogP contribution in [0.5, 0.6) is 0 Å². The van der Waals surface area contributed by atoms with Gasteiger partial charge >= 0.3 is 0 Å². The number of rotatable bonds is 4. The number of carbonyl (C=O) groups is 2. The van der Waals surface area contributed by atoms with Crippen LogP contribution in [0.3, 0.4) is 0 Å². The third kappa shape index (κ3) is 4.46. The molecule has 21 heavy (non-hydrogen) atoms. The molecule has 0 bridgehead atoms. The van der Waals surface area contributed by atoms with Gasteiger partial charge in [0, 0.05) is 6.04 Å². The third-order valence-electron chi connectivity index (χ3n) is 3.86. The number of hydrogen-bond acceptors (Lipinski definition) is 2. The Bertz CT molecular complexity index is 543. The number of nitrogens with one attached hydrogen (secondary N) is 2. The van der Waals surface area contributed by atoms with Crippen LogP contribution in [0.15, 0.2) is 24.3 Å². The highest BCUT2D eigenvalue weighted by molar-refractivity contribution is 6.33. The maximum atomic E-state index is 11.9. The van der Waals surface area contributed by atoms with Crippen molar-refractivity contribution in [3.8, 4) is 0 Å². The van der Waals surface area contributed by atoms with Gasteiger partial charge in [-0.2, -0.15) is 0 Å². The zero-order valence-electron chi connectivity index (χ0n) is 12.4. The van der Waals surface area contributed by atoms with E-state index in [2.05, 4.69) is 24.5 Å². The normalized spacial score (nSPS) is 20.0. The molecule has 2 rings (SSSR count). The van der Waals surface area contributed by atoms with Crippen LogP contribution >= 0.6 is 11.6 Å². The van der Waals surface area contributed by atoms with Crippen molar-refractivity contribution in [2.24, 2.45) is 5.41 Å². The molecule has 1 saturated carbocycles. The first-order chi connectivity index (χ1) is 9.87. The molecule has 1 unspecified atom stereocenters. The first kappa shape index (κ1) is 15.8. The van der Waals surface area contributed by atoms with Crippen LogP contribution in [-0.2, 0) is 4.79 Å². The van der Waals surface area contributed by atoms with Gasteiger partial charge in [-0.05, 0) is 36.8 Å². The van der Waals surface area contributed by atoms with Gasteiger partial charge < -0.3 is 10.6 Å². The van der Waals surface area contributed by atoms with Crippen molar-refractivity contribution in [2.75, 3.05) is 6.54 Å². The van der Waals surface area contributed by atoms with Crippen molar-refractivity contribution in [3.63, 3.8) is 0 Å². The van der Waals surface area contributed by atoms with Gasteiger partial charge in [0.2, 0.25) is 5.91 Å². The Morgan fingerprint density at radius 3 is 2.67 bits per heavy atom. The minimum Gasteiger partial charge on any atom is -0.352 e. The van der Waals surface area contributed by atoms with E-state index in [9.17, 15) is 9.59 Å². The van der Waals surface area contributed by atoms with E-state index in [0.29, 0.717) is 16.0 Å². The maximum absolute atomic E-state index is 11.9. The maximum Gasteiger partial charge on any atom is 0.253 e. The first-order valence-electron chi connectivity index (χ1n) is 7.19. The van der Waals surface area contributed by atoms with Crippen LogP contribution in [0.25, 0.3) is 0 Å². The second-order valence-electron chi connectivity index (χ2n) is 6.33. The molecule has 0 saturated heterocycles. The Morgan fingerprint density at radius 1 is 1.33 bits per heavy atom. The average molecular weight is 309 g/mol. The van der Waals surface area contributed by atoms with Gasteiger partial charge in [0.05, 0.1) is 17.1 Å². The fourth-order valence-corrected chi connectivity index (χ4v) is 2.96. The molecule has 0 aliphatic heterocycles. The number of hydrogen-bond donors (Lipinski definition) is 2. The molecule has 1 fully saturated rings. The van der Waals surface area contributed by atoms with E-state index in [1.165, 1.54) is 0 Å². The molecule has 2 N–H and O–H groups in total. The molecule has 2 amide bonds.